The second-order valence-electron chi connectivity index (χ2n) is 5.49. The van der Waals surface area contributed by atoms with Crippen molar-refractivity contribution in [3.63, 3.8) is 0 Å². The number of H-pyrrole nitrogens is 1. The number of hydrogen-bond acceptors (Lipinski definition) is 3. The molecule has 3 rings (SSSR count). The first kappa shape index (κ1) is 17.0. The number of aromatic amines is 1. The van der Waals surface area contributed by atoms with Crippen LogP contribution in [-0.2, 0) is 11.2 Å². The van der Waals surface area contributed by atoms with Crippen molar-refractivity contribution >= 4 is 16.9 Å². The third-order valence-corrected chi connectivity index (χ3v) is 3.81. The lowest BCUT2D eigenvalue weighted by Crippen LogP contribution is -2.32. The Hall–Kier alpha value is -2.87. The van der Waals surface area contributed by atoms with E-state index in [1.807, 2.05) is 0 Å². The number of hydrogen-bond donors (Lipinski definition) is 3. The summed E-state index contributed by atoms with van der Waals surface area (Å²) < 4.78 is 39.7. The van der Waals surface area contributed by atoms with E-state index in [0.717, 1.165) is 17.5 Å². The summed E-state index contributed by atoms with van der Waals surface area (Å²) in [6, 6.07) is 3.97. The van der Waals surface area contributed by atoms with Crippen molar-refractivity contribution in [1.29, 1.82) is 0 Å². The zero-order valence-corrected chi connectivity index (χ0v) is 12.9. The maximum Gasteiger partial charge on any atom is 0.225 e. The van der Waals surface area contributed by atoms with Crippen molar-refractivity contribution < 1.29 is 23.1 Å². The van der Waals surface area contributed by atoms with E-state index in [1.165, 1.54) is 0 Å². The Bertz CT molecular complexity index is 903. The molecule has 0 spiro atoms. The van der Waals surface area contributed by atoms with Crippen molar-refractivity contribution in [1.82, 2.24) is 15.3 Å². The van der Waals surface area contributed by atoms with Crippen LogP contribution in [0.5, 0.6) is 0 Å². The quantitative estimate of drug-likeness (QED) is 0.619. The van der Waals surface area contributed by atoms with E-state index in [0.29, 0.717) is 11.2 Å². The summed E-state index contributed by atoms with van der Waals surface area (Å²) in [6.45, 7) is -0.592. The first-order chi connectivity index (χ1) is 12.0. The van der Waals surface area contributed by atoms with Gasteiger partial charge in [-0.1, -0.05) is 0 Å². The molecule has 5 nitrogen and oxygen atoms in total. The number of fused-ring (bicyclic) bond motifs is 1. The zero-order chi connectivity index (χ0) is 18.0. The third-order valence-electron chi connectivity index (χ3n) is 3.81. The molecule has 1 atom stereocenters. The van der Waals surface area contributed by atoms with Crippen LogP contribution in [0.4, 0.5) is 13.2 Å². The first-order valence-corrected chi connectivity index (χ1v) is 7.45. The van der Waals surface area contributed by atoms with E-state index >= 15 is 0 Å². The summed E-state index contributed by atoms with van der Waals surface area (Å²) in [7, 11) is 0. The van der Waals surface area contributed by atoms with Gasteiger partial charge < -0.3 is 15.4 Å². The van der Waals surface area contributed by atoms with Gasteiger partial charge in [-0.15, -0.1) is 0 Å². The second kappa shape index (κ2) is 6.94. The molecular formula is C17H14F3N3O2. The number of aromatic nitrogens is 2. The van der Waals surface area contributed by atoms with Gasteiger partial charge >= 0.3 is 0 Å². The van der Waals surface area contributed by atoms with E-state index < -0.39 is 36.0 Å². The van der Waals surface area contributed by atoms with Gasteiger partial charge in [-0.05, 0) is 35.4 Å². The molecule has 1 amide bonds. The molecule has 0 radical (unpaired) electrons. The van der Waals surface area contributed by atoms with Gasteiger partial charge in [0, 0.05) is 17.8 Å². The predicted molar refractivity (Wildman–Crippen MR) is 84.1 cm³/mol. The molecule has 2 heterocycles. The number of nitrogens with zero attached hydrogens (tertiary/aromatic N) is 1. The van der Waals surface area contributed by atoms with Crippen LogP contribution >= 0.6 is 0 Å². The molecule has 0 saturated carbocycles. The molecule has 2 aromatic heterocycles. The molecule has 0 fully saturated rings. The van der Waals surface area contributed by atoms with Gasteiger partial charge in [-0.3, -0.25) is 4.79 Å². The SMILES string of the molecule is O=C(Cc1c[nH]c2ncccc12)NC(CO)c1cc(F)c(F)c(F)c1. The molecular weight excluding hydrogens is 335 g/mol. The number of aliphatic hydroxyl groups is 1. The molecule has 8 heteroatoms. The Kier molecular flexibility index (Phi) is 4.71. The number of benzene rings is 1. The maximum atomic E-state index is 13.3. The summed E-state index contributed by atoms with van der Waals surface area (Å²) in [5, 5.41) is 12.7. The van der Waals surface area contributed by atoms with Gasteiger partial charge in [-0.25, -0.2) is 18.2 Å². The average Bonchev–Trinajstić information content (AvgIpc) is 3.00. The first-order valence-electron chi connectivity index (χ1n) is 7.45. The van der Waals surface area contributed by atoms with Crippen LogP contribution in [0.25, 0.3) is 11.0 Å². The highest BCUT2D eigenvalue weighted by Crippen LogP contribution is 2.20. The minimum Gasteiger partial charge on any atom is -0.394 e. The predicted octanol–water partition coefficient (Wildman–Crippen LogP) is 2.37. The van der Waals surface area contributed by atoms with E-state index in [-0.39, 0.29) is 12.0 Å². The molecule has 0 bridgehead atoms. The van der Waals surface area contributed by atoms with Crippen LogP contribution < -0.4 is 5.32 Å². The van der Waals surface area contributed by atoms with Gasteiger partial charge in [0.1, 0.15) is 5.65 Å². The number of aliphatic hydroxyl groups excluding tert-OH is 1. The van der Waals surface area contributed by atoms with E-state index in [1.54, 1.807) is 24.5 Å². The second-order valence-corrected chi connectivity index (χ2v) is 5.49. The summed E-state index contributed by atoms with van der Waals surface area (Å²) in [5.41, 5.74) is 1.26. The lowest BCUT2D eigenvalue weighted by molar-refractivity contribution is -0.121. The van der Waals surface area contributed by atoms with Gasteiger partial charge in [0.2, 0.25) is 5.91 Å². The van der Waals surface area contributed by atoms with Crippen LogP contribution in [0, 0.1) is 17.5 Å². The highest BCUT2D eigenvalue weighted by atomic mass is 19.2. The highest BCUT2D eigenvalue weighted by molar-refractivity contribution is 5.87. The van der Waals surface area contributed by atoms with Gasteiger partial charge in [0.15, 0.2) is 17.5 Å². The van der Waals surface area contributed by atoms with Crippen LogP contribution in [0.15, 0.2) is 36.7 Å². The standard InChI is InChI=1S/C17H14F3N3O2/c18-12-4-9(5-13(19)16(12)20)14(8-24)23-15(25)6-10-7-22-17-11(10)2-1-3-21-17/h1-5,7,14,24H,6,8H2,(H,21,22)(H,23,25). The third kappa shape index (κ3) is 3.48. The zero-order valence-electron chi connectivity index (χ0n) is 12.9. The minimum absolute atomic E-state index is 0.0195. The fourth-order valence-corrected chi connectivity index (χ4v) is 2.59. The highest BCUT2D eigenvalue weighted by Gasteiger charge is 2.19. The number of carbonyl (C=O) groups is 1. The Labute approximate surface area is 140 Å². The Morgan fingerprint density at radius 3 is 2.68 bits per heavy atom. The molecule has 3 N–H and O–H groups in total. The largest absolute Gasteiger partial charge is 0.394 e. The average molecular weight is 349 g/mol. The van der Waals surface area contributed by atoms with Gasteiger partial charge in [-0.2, -0.15) is 0 Å². The van der Waals surface area contributed by atoms with Crippen LogP contribution in [0.2, 0.25) is 0 Å². The van der Waals surface area contributed by atoms with Crippen LogP contribution in [0.3, 0.4) is 0 Å². The Morgan fingerprint density at radius 1 is 1.28 bits per heavy atom. The summed E-state index contributed by atoms with van der Waals surface area (Å²) in [4.78, 5) is 19.3. The number of carbonyl (C=O) groups excluding carboxylic acids is 1. The number of nitrogens with one attached hydrogen (secondary N) is 2. The lowest BCUT2D eigenvalue weighted by atomic mass is 10.1. The van der Waals surface area contributed by atoms with Crippen LogP contribution in [-0.4, -0.2) is 27.6 Å². The number of pyridine rings is 1. The topological polar surface area (TPSA) is 78.0 Å². The molecule has 1 unspecified atom stereocenters. The van der Waals surface area contributed by atoms with Crippen molar-refractivity contribution in [2.75, 3.05) is 6.61 Å². The lowest BCUT2D eigenvalue weighted by Gasteiger charge is -2.17. The molecule has 0 saturated heterocycles. The summed E-state index contributed by atoms with van der Waals surface area (Å²) in [6.07, 6.45) is 3.24. The van der Waals surface area contributed by atoms with E-state index in [9.17, 15) is 23.1 Å². The summed E-state index contributed by atoms with van der Waals surface area (Å²) >= 11 is 0. The fraction of sp³-hybridized carbons (Fsp3) is 0.176. The molecule has 0 aliphatic carbocycles. The molecule has 3 aromatic rings. The molecule has 0 aliphatic heterocycles. The van der Waals surface area contributed by atoms with E-state index in [2.05, 4.69) is 15.3 Å². The maximum absolute atomic E-state index is 13.3. The van der Waals surface area contributed by atoms with Crippen molar-refractivity contribution in [2.24, 2.45) is 0 Å². The van der Waals surface area contributed by atoms with Crippen molar-refractivity contribution in [2.45, 2.75) is 12.5 Å². The molecule has 130 valence electrons. The Balaban J connectivity index is 1.76. The van der Waals surface area contributed by atoms with Crippen molar-refractivity contribution in [3.05, 3.63) is 65.2 Å². The fourth-order valence-electron chi connectivity index (χ4n) is 2.59. The number of rotatable bonds is 5. The molecule has 0 aliphatic rings. The van der Waals surface area contributed by atoms with E-state index in [4.69, 9.17) is 0 Å². The van der Waals surface area contributed by atoms with Crippen LogP contribution in [0.1, 0.15) is 17.2 Å². The number of halogens is 3. The Morgan fingerprint density at radius 2 is 2.00 bits per heavy atom. The monoisotopic (exact) mass is 349 g/mol. The van der Waals surface area contributed by atoms with Crippen molar-refractivity contribution in [3.8, 4) is 0 Å². The summed E-state index contributed by atoms with van der Waals surface area (Å²) in [5.74, 6) is -4.83. The van der Waals surface area contributed by atoms with Gasteiger partial charge in [0.25, 0.3) is 0 Å². The normalized spacial score (nSPS) is 12.3. The van der Waals surface area contributed by atoms with Gasteiger partial charge in [0.05, 0.1) is 19.1 Å². The molecule has 25 heavy (non-hydrogen) atoms. The minimum atomic E-state index is -1.60. The smallest absolute Gasteiger partial charge is 0.225 e. The molecule has 1 aromatic carbocycles. The number of amides is 1.